The molecule has 0 aliphatic carbocycles. The van der Waals surface area contributed by atoms with E-state index < -0.39 is 0 Å². The van der Waals surface area contributed by atoms with E-state index in [1.807, 2.05) is 43.0 Å². The van der Waals surface area contributed by atoms with Crippen molar-refractivity contribution < 1.29 is 14.1 Å². The van der Waals surface area contributed by atoms with Gasteiger partial charge >= 0.3 is 0 Å². The van der Waals surface area contributed by atoms with E-state index >= 15 is 0 Å². The molecular formula is C23H25N3O3S. The highest BCUT2D eigenvalue weighted by molar-refractivity contribution is 7.98. The Kier molecular flexibility index (Phi) is 6.08. The Morgan fingerprint density at radius 2 is 1.90 bits per heavy atom. The van der Waals surface area contributed by atoms with Crippen LogP contribution in [0.4, 0.5) is 0 Å². The zero-order valence-electron chi connectivity index (χ0n) is 17.4. The first-order valence-electron chi connectivity index (χ1n) is 10.0. The third-order valence-corrected chi connectivity index (χ3v) is 5.77. The number of nitrogens with zero attached hydrogens (tertiary/aromatic N) is 3. The average Bonchev–Trinajstić information content (AvgIpc) is 3.36. The Morgan fingerprint density at radius 1 is 1.17 bits per heavy atom. The molecule has 30 heavy (non-hydrogen) atoms. The van der Waals surface area contributed by atoms with Crippen LogP contribution < -0.4 is 4.74 Å². The zero-order valence-corrected chi connectivity index (χ0v) is 18.2. The van der Waals surface area contributed by atoms with Crippen LogP contribution in [-0.4, -0.2) is 39.9 Å². The van der Waals surface area contributed by atoms with Crippen LogP contribution in [0.3, 0.4) is 0 Å². The second-order valence-electron chi connectivity index (χ2n) is 7.67. The van der Waals surface area contributed by atoms with E-state index in [-0.39, 0.29) is 17.9 Å². The summed E-state index contributed by atoms with van der Waals surface area (Å²) in [5.74, 6) is 1.89. The maximum Gasteiger partial charge on any atom is 0.232 e. The lowest BCUT2D eigenvalue weighted by atomic mass is 10.1. The number of hydrogen-bond acceptors (Lipinski definition) is 6. The first kappa shape index (κ1) is 20.5. The molecule has 2 heterocycles. The molecule has 1 aliphatic heterocycles. The molecule has 1 saturated heterocycles. The number of amides is 1. The largest absolute Gasteiger partial charge is 0.491 e. The van der Waals surface area contributed by atoms with Gasteiger partial charge in [0, 0.05) is 30.0 Å². The molecule has 1 fully saturated rings. The van der Waals surface area contributed by atoms with E-state index in [2.05, 4.69) is 40.7 Å². The molecule has 1 aromatic heterocycles. The van der Waals surface area contributed by atoms with Gasteiger partial charge < -0.3 is 14.2 Å². The number of carbonyl (C=O) groups is 1. The minimum atomic E-state index is -0.0761. The molecule has 3 aromatic rings. The lowest BCUT2D eigenvalue weighted by molar-refractivity contribution is -0.128. The molecule has 156 valence electrons. The SMILES string of the molecule is CSc1ccc(CN2CC(c3nc(-c4ccc(OC(C)C)cc4)no3)CC2=O)cc1. The Hall–Kier alpha value is -2.80. The molecule has 0 radical (unpaired) electrons. The van der Waals surface area contributed by atoms with E-state index in [0.29, 0.717) is 31.2 Å². The standard InChI is InChI=1S/C23H25N3O3S/c1-15(2)28-19-8-6-17(7-9-19)22-24-23(29-25-22)18-12-21(27)26(14-18)13-16-4-10-20(30-3)11-5-16/h4-11,15,18H,12-14H2,1-3H3. The molecule has 6 nitrogen and oxygen atoms in total. The summed E-state index contributed by atoms with van der Waals surface area (Å²) >= 11 is 1.71. The monoisotopic (exact) mass is 423 g/mol. The van der Waals surface area contributed by atoms with Crippen LogP contribution in [0.15, 0.2) is 57.9 Å². The highest BCUT2D eigenvalue weighted by Crippen LogP contribution is 2.30. The lowest BCUT2D eigenvalue weighted by Crippen LogP contribution is -2.24. The van der Waals surface area contributed by atoms with Gasteiger partial charge in [0.05, 0.1) is 12.0 Å². The Labute approximate surface area is 180 Å². The quantitative estimate of drug-likeness (QED) is 0.510. The van der Waals surface area contributed by atoms with Crippen LogP contribution in [0.1, 0.15) is 37.6 Å². The lowest BCUT2D eigenvalue weighted by Gasteiger charge is -2.16. The minimum Gasteiger partial charge on any atom is -0.491 e. The van der Waals surface area contributed by atoms with Gasteiger partial charge in [-0.1, -0.05) is 17.3 Å². The summed E-state index contributed by atoms with van der Waals surface area (Å²) in [6, 6.07) is 15.9. The zero-order chi connectivity index (χ0) is 21.1. The van der Waals surface area contributed by atoms with E-state index in [4.69, 9.17) is 9.26 Å². The van der Waals surface area contributed by atoms with E-state index in [1.165, 1.54) is 4.90 Å². The molecule has 7 heteroatoms. The molecule has 1 amide bonds. The smallest absolute Gasteiger partial charge is 0.232 e. The molecule has 1 atom stereocenters. The Balaban J connectivity index is 1.41. The molecule has 4 rings (SSSR count). The van der Waals surface area contributed by atoms with Crippen LogP contribution in [0.2, 0.25) is 0 Å². The second-order valence-corrected chi connectivity index (χ2v) is 8.55. The van der Waals surface area contributed by atoms with Gasteiger partial charge in [-0.25, -0.2) is 0 Å². The van der Waals surface area contributed by atoms with Crippen molar-refractivity contribution in [1.29, 1.82) is 0 Å². The number of aromatic nitrogens is 2. The van der Waals surface area contributed by atoms with Crippen LogP contribution in [0.25, 0.3) is 11.4 Å². The van der Waals surface area contributed by atoms with Crippen molar-refractivity contribution in [3.63, 3.8) is 0 Å². The highest BCUT2D eigenvalue weighted by Gasteiger charge is 2.34. The number of rotatable bonds is 7. The fraction of sp³-hybridized carbons (Fsp3) is 0.348. The minimum absolute atomic E-state index is 0.0761. The molecule has 0 bridgehead atoms. The predicted octanol–water partition coefficient (Wildman–Crippen LogP) is 4.76. The van der Waals surface area contributed by atoms with E-state index in [1.54, 1.807) is 11.8 Å². The van der Waals surface area contributed by atoms with Crippen LogP contribution in [0.5, 0.6) is 5.75 Å². The van der Waals surface area contributed by atoms with Crippen molar-refractivity contribution in [1.82, 2.24) is 15.0 Å². The van der Waals surface area contributed by atoms with Crippen molar-refractivity contribution in [3.8, 4) is 17.1 Å². The number of hydrogen-bond donors (Lipinski definition) is 0. The highest BCUT2D eigenvalue weighted by atomic mass is 32.2. The molecule has 1 unspecified atom stereocenters. The number of benzene rings is 2. The maximum absolute atomic E-state index is 12.5. The summed E-state index contributed by atoms with van der Waals surface area (Å²) in [5.41, 5.74) is 1.98. The number of ether oxygens (including phenoxy) is 1. The van der Waals surface area contributed by atoms with Crippen LogP contribution in [0, 0.1) is 0 Å². The van der Waals surface area contributed by atoms with Crippen molar-refractivity contribution in [2.75, 3.05) is 12.8 Å². The van der Waals surface area contributed by atoms with E-state index in [0.717, 1.165) is 16.9 Å². The molecule has 0 saturated carbocycles. The normalized spacial score (nSPS) is 16.5. The summed E-state index contributed by atoms with van der Waals surface area (Å²) in [5, 5.41) is 4.12. The van der Waals surface area contributed by atoms with Crippen molar-refractivity contribution in [3.05, 3.63) is 60.0 Å². The first-order chi connectivity index (χ1) is 14.5. The van der Waals surface area contributed by atoms with Gasteiger partial charge in [-0.05, 0) is 62.1 Å². The maximum atomic E-state index is 12.5. The Bertz CT molecular complexity index is 999. The second kappa shape index (κ2) is 8.92. The summed E-state index contributed by atoms with van der Waals surface area (Å²) in [4.78, 5) is 20.1. The van der Waals surface area contributed by atoms with E-state index in [9.17, 15) is 4.79 Å². The van der Waals surface area contributed by atoms with Gasteiger partial charge in [-0.3, -0.25) is 4.79 Å². The molecule has 0 N–H and O–H groups in total. The number of likely N-dealkylation sites (tertiary alicyclic amines) is 1. The number of carbonyl (C=O) groups excluding carboxylic acids is 1. The third-order valence-electron chi connectivity index (χ3n) is 5.02. The topological polar surface area (TPSA) is 68.5 Å². The molecule has 1 aliphatic rings. The van der Waals surface area contributed by atoms with Gasteiger partial charge in [-0.15, -0.1) is 11.8 Å². The summed E-state index contributed by atoms with van der Waals surface area (Å²) in [6.45, 7) is 5.17. The number of thioether (sulfide) groups is 1. The van der Waals surface area contributed by atoms with Gasteiger partial charge in [-0.2, -0.15) is 4.98 Å². The van der Waals surface area contributed by atoms with Gasteiger partial charge in [0.15, 0.2) is 0 Å². The Morgan fingerprint density at radius 3 is 2.57 bits per heavy atom. The fourth-order valence-corrected chi connectivity index (χ4v) is 3.92. The molecule has 2 aromatic carbocycles. The molecule has 0 spiro atoms. The van der Waals surface area contributed by atoms with Gasteiger partial charge in [0.25, 0.3) is 0 Å². The van der Waals surface area contributed by atoms with Gasteiger partial charge in [0.2, 0.25) is 17.6 Å². The first-order valence-corrected chi connectivity index (χ1v) is 11.3. The van der Waals surface area contributed by atoms with Gasteiger partial charge in [0.1, 0.15) is 5.75 Å². The summed E-state index contributed by atoms with van der Waals surface area (Å²) in [6.07, 6.45) is 2.57. The van der Waals surface area contributed by atoms with Crippen molar-refractivity contribution in [2.24, 2.45) is 0 Å². The van der Waals surface area contributed by atoms with Crippen molar-refractivity contribution in [2.45, 2.75) is 43.7 Å². The molecular weight excluding hydrogens is 398 g/mol. The predicted molar refractivity (Wildman–Crippen MR) is 116 cm³/mol. The van der Waals surface area contributed by atoms with Crippen LogP contribution >= 0.6 is 11.8 Å². The summed E-state index contributed by atoms with van der Waals surface area (Å²) < 4.78 is 11.2. The average molecular weight is 424 g/mol. The van der Waals surface area contributed by atoms with Crippen LogP contribution in [-0.2, 0) is 11.3 Å². The third kappa shape index (κ3) is 4.67. The van der Waals surface area contributed by atoms with Crippen molar-refractivity contribution >= 4 is 17.7 Å². The fourth-order valence-electron chi connectivity index (χ4n) is 3.51. The summed E-state index contributed by atoms with van der Waals surface area (Å²) in [7, 11) is 0.